The zero-order valence-electron chi connectivity index (χ0n) is 8.48. The van der Waals surface area contributed by atoms with Crippen LogP contribution in [0.1, 0.15) is 26.2 Å². The number of carbonyl (C=O) groups excluding carboxylic acids is 1. The van der Waals surface area contributed by atoms with E-state index in [0.29, 0.717) is 5.92 Å². The maximum Gasteiger partial charge on any atom is 0.219 e. The summed E-state index contributed by atoms with van der Waals surface area (Å²) in [7, 11) is 0. The van der Waals surface area contributed by atoms with Gasteiger partial charge in [-0.3, -0.25) is 4.79 Å². The second-order valence-electron chi connectivity index (χ2n) is 4.01. The maximum absolute atomic E-state index is 11.1. The van der Waals surface area contributed by atoms with Gasteiger partial charge in [0.2, 0.25) is 5.91 Å². The Morgan fingerprint density at radius 1 is 1.50 bits per heavy atom. The molecule has 0 aromatic carbocycles. The standard InChI is InChI=1S/C10H16N2O2/c1-8(13)12-6-3-9(4-7-12)10-2-5-11-14-10/h5,9-10H,2-4,6-7H2,1H3/t10-/m1/s1. The van der Waals surface area contributed by atoms with Crippen LogP contribution in [0.2, 0.25) is 0 Å². The lowest BCUT2D eigenvalue weighted by molar-refractivity contribution is -0.130. The van der Waals surface area contributed by atoms with E-state index in [4.69, 9.17) is 4.84 Å². The molecular formula is C10H16N2O2. The number of oxime groups is 1. The molecule has 1 amide bonds. The molecule has 0 radical (unpaired) electrons. The lowest BCUT2D eigenvalue weighted by Gasteiger charge is -2.33. The Hall–Kier alpha value is -1.06. The van der Waals surface area contributed by atoms with Crippen LogP contribution in [0.4, 0.5) is 0 Å². The molecule has 78 valence electrons. The molecule has 0 unspecified atom stereocenters. The van der Waals surface area contributed by atoms with Crippen LogP contribution in [0.3, 0.4) is 0 Å². The molecule has 0 spiro atoms. The lowest BCUT2D eigenvalue weighted by atomic mass is 9.90. The number of nitrogens with zero attached hydrogens (tertiary/aromatic N) is 2. The third kappa shape index (κ3) is 1.89. The van der Waals surface area contributed by atoms with E-state index in [0.717, 1.165) is 32.4 Å². The van der Waals surface area contributed by atoms with Crippen molar-refractivity contribution < 1.29 is 9.63 Å². The third-order valence-corrected chi connectivity index (χ3v) is 3.12. The first kappa shape index (κ1) is 9.49. The molecule has 0 aromatic rings. The summed E-state index contributed by atoms with van der Waals surface area (Å²) in [6, 6.07) is 0. The highest BCUT2D eigenvalue weighted by molar-refractivity contribution is 5.73. The number of carbonyl (C=O) groups is 1. The van der Waals surface area contributed by atoms with E-state index in [-0.39, 0.29) is 12.0 Å². The van der Waals surface area contributed by atoms with Gasteiger partial charge < -0.3 is 9.74 Å². The van der Waals surface area contributed by atoms with Crippen LogP contribution in [0, 0.1) is 5.92 Å². The summed E-state index contributed by atoms with van der Waals surface area (Å²) in [5, 5.41) is 3.79. The van der Waals surface area contributed by atoms with Gasteiger partial charge in [-0.1, -0.05) is 5.16 Å². The average Bonchev–Trinajstić information content (AvgIpc) is 2.71. The van der Waals surface area contributed by atoms with Crippen molar-refractivity contribution in [1.82, 2.24) is 4.90 Å². The van der Waals surface area contributed by atoms with Crippen LogP contribution in [-0.2, 0) is 9.63 Å². The van der Waals surface area contributed by atoms with E-state index in [1.165, 1.54) is 0 Å². The van der Waals surface area contributed by atoms with Crippen LogP contribution >= 0.6 is 0 Å². The largest absolute Gasteiger partial charge is 0.392 e. The zero-order valence-corrected chi connectivity index (χ0v) is 8.48. The quantitative estimate of drug-likeness (QED) is 0.628. The number of piperidine rings is 1. The van der Waals surface area contributed by atoms with Crippen molar-refractivity contribution in [2.45, 2.75) is 32.3 Å². The molecule has 0 bridgehead atoms. The normalized spacial score (nSPS) is 27.8. The second kappa shape index (κ2) is 3.98. The van der Waals surface area contributed by atoms with Crippen LogP contribution in [0.5, 0.6) is 0 Å². The molecule has 2 aliphatic heterocycles. The minimum absolute atomic E-state index is 0.187. The molecule has 2 rings (SSSR count). The molecule has 0 N–H and O–H groups in total. The predicted molar refractivity (Wildman–Crippen MR) is 53.0 cm³/mol. The Morgan fingerprint density at radius 2 is 2.21 bits per heavy atom. The number of likely N-dealkylation sites (tertiary alicyclic amines) is 1. The number of hydrogen-bond donors (Lipinski definition) is 0. The van der Waals surface area contributed by atoms with Crippen LogP contribution in [0.25, 0.3) is 0 Å². The Bertz CT molecular complexity index is 237. The fourth-order valence-electron chi connectivity index (χ4n) is 2.18. The van der Waals surface area contributed by atoms with Gasteiger partial charge in [0, 0.05) is 38.6 Å². The van der Waals surface area contributed by atoms with E-state index in [9.17, 15) is 4.79 Å². The van der Waals surface area contributed by atoms with Gasteiger partial charge in [0.15, 0.2) is 0 Å². The molecule has 0 aromatic heterocycles. The maximum atomic E-state index is 11.1. The van der Waals surface area contributed by atoms with Crippen LogP contribution in [-0.4, -0.2) is 36.2 Å². The Morgan fingerprint density at radius 3 is 2.71 bits per heavy atom. The predicted octanol–water partition coefficient (Wildman–Crippen LogP) is 1.02. The van der Waals surface area contributed by atoms with E-state index < -0.39 is 0 Å². The van der Waals surface area contributed by atoms with E-state index in [2.05, 4.69) is 5.16 Å². The molecule has 4 heteroatoms. The van der Waals surface area contributed by atoms with Gasteiger partial charge in [-0.2, -0.15) is 0 Å². The van der Waals surface area contributed by atoms with Crippen molar-refractivity contribution in [3.63, 3.8) is 0 Å². The van der Waals surface area contributed by atoms with E-state index in [1.807, 2.05) is 11.1 Å². The fraction of sp³-hybridized carbons (Fsp3) is 0.800. The molecule has 14 heavy (non-hydrogen) atoms. The van der Waals surface area contributed by atoms with Gasteiger partial charge >= 0.3 is 0 Å². The van der Waals surface area contributed by atoms with Crippen LogP contribution in [0.15, 0.2) is 5.16 Å². The molecule has 1 atom stereocenters. The highest BCUT2D eigenvalue weighted by Crippen LogP contribution is 2.26. The SMILES string of the molecule is CC(=O)N1CCC([C@H]2CC=NO2)CC1. The summed E-state index contributed by atoms with van der Waals surface area (Å²) in [5.41, 5.74) is 0. The Kier molecular flexibility index (Phi) is 2.70. The van der Waals surface area contributed by atoms with Gasteiger partial charge in [-0.25, -0.2) is 0 Å². The highest BCUT2D eigenvalue weighted by Gasteiger charge is 2.29. The lowest BCUT2D eigenvalue weighted by Crippen LogP contribution is -2.40. The molecule has 2 heterocycles. The summed E-state index contributed by atoms with van der Waals surface area (Å²) in [6.07, 6.45) is 5.14. The zero-order chi connectivity index (χ0) is 9.97. The van der Waals surface area contributed by atoms with Crippen molar-refractivity contribution in [2.75, 3.05) is 13.1 Å². The molecule has 4 nitrogen and oxygen atoms in total. The molecule has 2 aliphatic rings. The smallest absolute Gasteiger partial charge is 0.219 e. The van der Waals surface area contributed by atoms with Gasteiger partial charge in [0.05, 0.1) is 0 Å². The van der Waals surface area contributed by atoms with Gasteiger partial charge in [0.1, 0.15) is 6.10 Å². The number of rotatable bonds is 1. The van der Waals surface area contributed by atoms with Crippen molar-refractivity contribution in [2.24, 2.45) is 11.1 Å². The average molecular weight is 196 g/mol. The van der Waals surface area contributed by atoms with Crippen molar-refractivity contribution >= 4 is 12.1 Å². The second-order valence-corrected chi connectivity index (χ2v) is 4.01. The molecular weight excluding hydrogens is 180 g/mol. The minimum Gasteiger partial charge on any atom is -0.392 e. The first-order valence-electron chi connectivity index (χ1n) is 5.20. The molecule has 0 saturated carbocycles. The number of amides is 1. The number of hydrogen-bond acceptors (Lipinski definition) is 3. The Balaban J connectivity index is 1.81. The third-order valence-electron chi connectivity index (χ3n) is 3.12. The summed E-state index contributed by atoms with van der Waals surface area (Å²) in [5.74, 6) is 0.764. The first-order valence-corrected chi connectivity index (χ1v) is 5.20. The Labute approximate surface area is 83.9 Å². The van der Waals surface area contributed by atoms with Gasteiger partial charge in [-0.05, 0) is 12.8 Å². The molecule has 0 aliphatic carbocycles. The fourth-order valence-corrected chi connectivity index (χ4v) is 2.18. The first-order chi connectivity index (χ1) is 6.77. The summed E-state index contributed by atoms with van der Waals surface area (Å²) in [6.45, 7) is 3.38. The van der Waals surface area contributed by atoms with Crippen molar-refractivity contribution in [1.29, 1.82) is 0 Å². The molecule has 1 saturated heterocycles. The minimum atomic E-state index is 0.187. The van der Waals surface area contributed by atoms with E-state index in [1.54, 1.807) is 6.92 Å². The summed E-state index contributed by atoms with van der Waals surface area (Å²) >= 11 is 0. The highest BCUT2D eigenvalue weighted by atomic mass is 16.6. The van der Waals surface area contributed by atoms with Gasteiger partial charge in [0.25, 0.3) is 0 Å². The van der Waals surface area contributed by atoms with Crippen LogP contribution < -0.4 is 0 Å². The topological polar surface area (TPSA) is 41.9 Å². The van der Waals surface area contributed by atoms with Gasteiger partial charge in [-0.15, -0.1) is 0 Å². The van der Waals surface area contributed by atoms with Crippen molar-refractivity contribution in [3.8, 4) is 0 Å². The summed E-state index contributed by atoms with van der Waals surface area (Å²) in [4.78, 5) is 18.3. The van der Waals surface area contributed by atoms with E-state index >= 15 is 0 Å². The van der Waals surface area contributed by atoms with Crippen molar-refractivity contribution in [3.05, 3.63) is 0 Å². The molecule has 1 fully saturated rings. The summed E-state index contributed by atoms with van der Waals surface area (Å²) < 4.78 is 0. The monoisotopic (exact) mass is 196 g/mol.